The molecule has 0 saturated carbocycles. The van der Waals surface area contributed by atoms with Gasteiger partial charge >= 0.3 is 0 Å². The lowest BCUT2D eigenvalue weighted by atomic mass is 10.0. The summed E-state index contributed by atoms with van der Waals surface area (Å²) < 4.78 is 0. The topological polar surface area (TPSA) is 61.4 Å². The molecule has 92 valence electrons. The highest BCUT2D eigenvalue weighted by Gasteiger charge is 2.24. The molecule has 0 spiro atoms. The van der Waals surface area contributed by atoms with Crippen LogP contribution in [-0.2, 0) is 9.59 Å². The number of hydrogen-bond donors (Lipinski definition) is 2. The van der Waals surface area contributed by atoms with Crippen LogP contribution in [0, 0.1) is 0 Å². The van der Waals surface area contributed by atoms with E-state index in [-0.39, 0.29) is 24.4 Å². The largest absolute Gasteiger partial charge is 0.355 e. The van der Waals surface area contributed by atoms with E-state index in [1.807, 2.05) is 6.92 Å². The highest BCUT2D eigenvalue weighted by Crippen LogP contribution is 2.08. The Hall–Kier alpha value is -1.10. The molecule has 0 unspecified atom stereocenters. The average molecular weight is 227 g/mol. The monoisotopic (exact) mass is 227 g/mol. The number of piperidine rings is 1. The van der Waals surface area contributed by atoms with Gasteiger partial charge in [-0.1, -0.05) is 6.42 Å². The normalized spacial score (nSPS) is 20.2. The Labute approximate surface area is 96.6 Å². The van der Waals surface area contributed by atoms with Crippen LogP contribution in [0.5, 0.6) is 0 Å². The first-order chi connectivity index (χ1) is 7.65. The number of nitrogens with zero attached hydrogens (tertiary/aromatic N) is 1. The molecule has 1 saturated heterocycles. The summed E-state index contributed by atoms with van der Waals surface area (Å²) >= 11 is 0. The van der Waals surface area contributed by atoms with Crippen molar-refractivity contribution in [3.05, 3.63) is 0 Å². The lowest BCUT2D eigenvalue weighted by Gasteiger charge is -2.27. The van der Waals surface area contributed by atoms with Gasteiger partial charge in [0, 0.05) is 13.6 Å². The number of carbonyl (C=O) groups is 2. The van der Waals surface area contributed by atoms with Crippen molar-refractivity contribution in [2.75, 3.05) is 26.7 Å². The number of carbonyl (C=O) groups excluding carboxylic acids is 2. The summed E-state index contributed by atoms with van der Waals surface area (Å²) in [6.45, 7) is 3.50. The molecule has 0 aromatic carbocycles. The Bertz CT molecular complexity index is 250. The minimum atomic E-state index is -0.104. The van der Waals surface area contributed by atoms with Gasteiger partial charge in [0.1, 0.15) is 0 Å². The molecule has 2 N–H and O–H groups in total. The van der Waals surface area contributed by atoms with Gasteiger partial charge in [0.05, 0.1) is 12.6 Å². The standard InChI is InChI=1S/C11H21N3O2/c1-3-12-10(15)8-14(2)11(16)9-6-4-5-7-13-9/h9,13H,3-8H2,1-2H3,(H,12,15)/t9-/m1/s1. The average Bonchev–Trinajstić information content (AvgIpc) is 2.29. The third-order valence-electron chi connectivity index (χ3n) is 2.74. The Kier molecular flexibility index (Phi) is 5.25. The summed E-state index contributed by atoms with van der Waals surface area (Å²) in [6, 6.07) is -0.104. The number of rotatable bonds is 4. The van der Waals surface area contributed by atoms with Gasteiger partial charge < -0.3 is 15.5 Å². The lowest BCUT2D eigenvalue weighted by Crippen LogP contribution is -2.49. The molecule has 0 aliphatic carbocycles. The van der Waals surface area contributed by atoms with E-state index in [9.17, 15) is 9.59 Å². The molecule has 1 aliphatic rings. The zero-order valence-electron chi connectivity index (χ0n) is 10.1. The molecular formula is C11H21N3O2. The summed E-state index contributed by atoms with van der Waals surface area (Å²) in [5.41, 5.74) is 0. The fraction of sp³-hybridized carbons (Fsp3) is 0.818. The minimum Gasteiger partial charge on any atom is -0.355 e. The smallest absolute Gasteiger partial charge is 0.239 e. The highest BCUT2D eigenvalue weighted by atomic mass is 16.2. The maximum atomic E-state index is 11.9. The first kappa shape index (κ1) is 13.0. The van der Waals surface area contributed by atoms with Gasteiger partial charge in [-0.25, -0.2) is 0 Å². The van der Waals surface area contributed by atoms with Crippen molar-refractivity contribution in [2.24, 2.45) is 0 Å². The van der Waals surface area contributed by atoms with Crippen LogP contribution < -0.4 is 10.6 Å². The van der Waals surface area contributed by atoms with Crippen LogP contribution in [0.4, 0.5) is 0 Å². The molecule has 1 fully saturated rings. The fourth-order valence-electron chi connectivity index (χ4n) is 1.88. The third-order valence-corrected chi connectivity index (χ3v) is 2.74. The number of amides is 2. The zero-order valence-corrected chi connectivity index (χ0v) is 10.1. The molecule has 0 bridgehead atoms. The molecule has 0 aromatic heterocycles. The summed E-state index contributed by atoms with van der Waals surface area (Å²) in [5.74, 6) is -0.0832. The van der Waals surface area contributed by atoms with Crippen LogP contribution in [0.1, 0.15) is 26.2 Å². The van der Waals surface area contributed by atoms with Gasteiger partial charge in [-0.2, -0.15) is 0 Å². The van der Waals surface area contributed by atoms with Crippen molar-refractivity contribution in [1.29, 1.82) is 0 Å². The maximum absolute atomic E-state index is 11.9. The summed E-state index contributed by atoms with van der Waals surface area (Å²) in [4.78, 5) is 24.7. The number of hydrogen-bond acceptors (Lipinski definition) is 3. The van der Waals surface area contributed by atoms with Crippen molar-refractivity contribution < 1.29 is 9.59 Å². The van der Waals surface area contributed by atoms with Crippen LogP contribution in [0.3, 0.4) is 0 Å². The molecule has 1 aliphatic heterocycles. The maximum Gasteiger partial charge on any atom is 0.239 e. The zero-order chi connectivity index (χ0) is 12.0. The Morgan fingerprint density at radius 3 is 2.75 bits per heavy atom. The second-order valence-electron chi connectivity index (χ2n) is 4.15. The van der Waals surface area contributed by atoms with Crippen molar-refractivity contribution in [3.63, 3.8) is 0 Å². The SMILES string of the molecule is CCNC(=O)CN(C)C(=O)[C@H]1CCCCN1. The molecule has 1 heterocycles. The molecule has 5 heteroatoms. The van der Waals surface area contributed by atoms with E-state index >= 15 is 0 Å². The first-order valence-corrected chi connectivity index (χ1v) is 5.90. The van der Waals surface area contributed by atoms with Crippen molar-refractivity contribution in [3.8, 4) is 0 Å². The van der Waals surface area contributed by atoms with Crippen LogP contribution in [0.2, 0.25) is 0 Å². The van der Waals surface area contributed by atoms with Crippen molar-refractivity contribution in [2.45, 2.75) is 32.2 Å². The number of likely N-dealkylation sites (N-methyl/N-ethyl adjacent to an activating group) is 2. The van der Waals surface area contributed by atoms with Crippen LogP contribution in [-0.4, -0.2) is 49.4 Å². The van der Waals surface area contributed by atoms with Gasteiger partial charge in [0.25, 0.3) is 0 Å². The second kappa shape index (κ2) is 6.48. The lowest BCUT2D eigenvalue weighted by molar-refractivity contribution is -0.136. The minimum absolute atomic E-state index is 0.0194. The van der Waals surface area contributed by atoms with Crippen molar-refractivity contribution in [1.82, 2.24) is 15.5 Å². The quantitative estimate of drug-likeness (QED) is 0.694. The fourth-order valence-corrected chi connectivity index (χ4v) is 1.88. The molecule has 2 amide bonds. The van der Waals surface area contributed by atoms with Gasteiger partial charge in [-0.05, 0) is 26.3 Å². The van der Waals surface area contributed by atoms with Gasteiger partial charge in [-0.15, -0.1) is 0 Å². The second-order valence-corrected chi connectivity index (χ2v) is 4.15. The van der Waals surface area contributed by atoms with Crippen LogP contribution in [0.25, 0.3) is 0 Å². The molecule has 1 atom stereocenters. The van der Waals surface area contributed by atoms with Crippen LogP contribution in [0.15, 0.2) is 0 Å². The predicted octanol–water partition coefficient (Wildman–Crippen LogP) is -0.277. The summed E-state index contributed by atoms with van der Waals surface area (Å²) in [7, 11) is 1.67. The first-order valence-electron chi connectivity index (χ1n) is 5.90. The molecule has 5 nitrogen and oxygen atoms in total. The van der Waals surface area contributed by atoms with E-state index in [1.165, 1.54) is 4.90 Å². The molecular weight excluding hydrogens is 206 g/mol. The Morgan fingerprint density at radius 1 is 1.44 bits per heavy atom. The van der Waals surface area contributed by atoms with E-state index in [0.29, 0.717) is 6.54 Å². The number of nitrogens with one attached hydrogen (secondary N) is 2. The summed E-state index contributed by atoms with van der Waals surface area (Å²) in [6.07, 6.45) is 3.08. The van der Waals surface area contributed by atoms with Gasteiger partial charge in [0.15, 0.2) is 0 Å². The molecule has 1 rings (SSSR count). The Balaban J connectivity index is 2.37. The molecule has 0 aromatic rings. The third kappa shape index (κ3) is 3.81. The van der Waals surface area contributed by atoms with Crippen molar-refractivity contribution >= 4 is 11.8 Å². The van der Waals surface area contributed by atoms with Crippen LogP contribution >= 0.6 is 0 Å². The predicted molar refractivity (Wildman–Crippen MR) is 62.0 cm³/mol. The van der Waals surface area contributed by atoms with E-state index in [2.05, 4.69) is 10.6 Å². The highest BCUT2D eigenvalue weighted by molar-refractivity contribution is 5.87. The molecule has 16 heavy (non-hydrogen) atoms. The van der Waals surface area contributed by atoms with Gasteiger partial charge in [0.2, 0.25) is 11.8 Å². The Morgan fingerprint density at radius 2 is 2.19 bits per heavy atom. The van der Waals surface area contributed by atoms with E-state index in [1.54, 1.807) is 7.05 Å². The van der Waals surface area contributed by atoms with Gasteiger partial charge in [-0.3, -0.25) is 9.59 Å². The van der Waals surface area contributed by atoms with E-state index < -0.39 is 0 Å². The van der Waals surface area contributed by atoms with E-state index in [4.69, 9.17) is 0 Å². The van der Waals surface area contributed by atoms with E-state index in [0.717, 1.165) is 25.8 Å². The summed E-state index contributed by atoms with van der Waals surface area (Å²) in [5, 5.41) is 5.86. The molecule has 0 radical (unpaired) electrons.